The number of halogens is 3. The number of carbonyl (C=O) groups is 1. The SMILES string of the molecule is CC(=O)c1cc(-c2ccc(C(F)(F)F)nc2)ccc1OCc1ccccc1. The fourth-order valence-electron chi connectivity index (χ4n) is 2.58. The van der Waals surface area contributed by atoms with E-state index in [9.17, 15) is 18.0 Å². The molecule has 0 aliphatic rings. The quantitative estimate of drug-likeness (QED) is 0.552. The molecule has 3 rings (SSSR count). The summed E-state index contributed by atoms with van der Waals surface area (Å²) >= 11 is 0. The Morgan fingerprint density at radius 1 is 1.00 bits per heavy atom. The van der Waals surface area contributed by atoms with Gasteiger partial charge in [0.15, 0.2) is 5.78 Å². The molecule has 0 spiro atoms. The Bertz CT molecular complexity index is 936. The van der Waals surface area contributed by atoms with Gasteiger partial charge in [-0.25, -0.2) is 0 Å². The van der Waals surface area contributed by atoms with Gasteiger partial charge in [0.25, 0.3) is 0 Å². The number of hydrogen-bond acceptors (Lipinski definition) is 3. The van der Waals surface area contributed by atoms with Crippen LogP contribution in [0.1, 0.15) is 28.5 Å². The zero-order valence-corrected chi connectivity index (χ0v) is 14.5. The Morgan fingerprint density at radius 3 is 2.30 bits per heavy atom. The summed E-state index contributed by atoms with van der Waals surface area (Å²) in [5.41, 5.74) is 1.45. The molecule has 27 heavy (non-hydrogen) atoms. The molecule has 0 saturated heterocycles. The molecule has 0 unspecified atom stereocenters. The van der Waals surface area contributed by atoms with Crippen molar-refractivity contribution in [2.45, 2.75) is 19.7 Å². The number of Topliss-reactive ketones (excluding diaryl/α,β-unsaturated/α-hetero) is 1. The van der Waals surface area contributed by atoms with Gasteiger partial charge in [0.2, 0.25) is 0 Å². The fourth-order valence-corrected chi connectivity index (χ4v) is 2.58. The van der Waals surface area contributed by atoms with Crippen molar-refractivity contribution < 1.29 is 22.7 Å². The number of pyridine rings is 1. The molecule has 0 radical (unpaired) electrons. The number of nitrogens with zero attached hydrogens (tertiary/aromatic N) is 1. The first-order valence-corrected chi connectivity index (χ1v) is 8.20. The van der Waals surface area contributed by atoms with Gasteiger partial charge in [-0.05, 0) is 36.2 Å². The number of aromatic nitrogens is 1. The van der Waals surface area contributed by atoms with Crippen molar-refractivity contribution >= 4 is 5.78 Å². The van der Waals surface area contributed by atoms with Gasteiger partial charge >= 0.3 is 6.18 Å². The Hall–Kier alpha value is -3.15. The van der Waals surface area contributed by atoms with Crippen LogP contribution in [-0.4, -0.2) is 10.8 Å². The largest absolute Gasteiger partial charge is 0.488 e. The number of ketones is 1. The van der Waals surface area contributed by atoms with E-state index in [1.54, 1.807) is 18.2 Å². The van der Waals surface area contributed by atoms with Crippen LogP contribution in [0.5, 0.6) is 5.75 Å². The molecule has 1 aromatic heterocycles. The number of benzene rings is 2. The first-order chi connectivity index (χ1) is 12.8. The Morgan fingerprint density at radius 2 is 1.70 bits per heavy atom. The number of rotatable bonds is 5. The highest BCUT2D eigenvalue weighted by atomic mass is 19.4. The lowest BCUT2D eigenvalue weighted by Gasteiger charge is -2.12. The molecule has 0 bridgehead atoms. The summed E-state index contributed by atoms with van der Waals surface area (Å²) in [6.45, 7) is 1.72. The van der Waals surface area contributed by atoms with Crippen LogP contribution in [0.4, 0.5) is 13.2 Å². The normalized spacial score (nSPS) is 11.3. The third-order valence-corrected chi connectivity index (χ3v) is 3.98. The van der Waals surface area contributed by atoms with Crippen LogP contribution in [0.25, 0.3) is 11.1 Å². The highest BCUT2D eigenvalue weighted by Crippen LogP contribution is 2.31. The third kappa shape index (κ3) is 4.53. The fraction of sp³-hybridized carbons (Fsp3) is 0.143. The van der Waals surface area contributed by atoms with Crippen LogP contribution in [0.3, 0.4) is 0 Å². The highest BCUT2D eigenvalue weighted by molar-refractivity contribution is 5.98. The summed E-state index contributed by atoms with van der Waals surface area (Å²) in [4.78, 5) is 15.5. The first-order valence-electron chi connectivity index (χ1n) is 8.20. The molecule has 6 heteroatoms. The van der Waals surface area contributed by atoms with Gasteiger partial charge in [0.1, 0.15) is 18.1 Å². The van der Waals surface area contributed by atoms with Crippen LogP contribution in [-0.2, 0) is 12.8 Å². The van der Waals surface area contributed by atoms with Crippen LogP contribution < -0.4 is 4.74 Å². The van der Waals surface area contributed by atoms with E-state index in [4.69, 9.17) is 4.74 Å². The number of ether oxygens (including phenoxy) is 1. The first kappa shape index (κ1) is 18.6. The smallest absolute Gasteiger partial charge is 0.433 e. The standard InChI is InChI=1S/C21H16F3NO2/c1-14(26)18-11-16(17-8-10-20(25-12-17)21(22,23)24)7-9-19(18)27-13-15-5-3-2-4-6-15/h2-12H,13H2,1H3. The maximum absolute atomic E-state index is 12.6. The zero-order valence-electron chi connectivity index (χ0n) is 14.5. The number of alkyl halides is 3. The average molecular weight is 371 g/mol. The lowest BCUT2D eigenvalue weighted by molar-refractivity contribution is -0.141. The second-order valence-corrected chi connectivity index (χ2v) is 5.97. The Kier molecular flexibility index (Phi) is 5.26. The number of hydrogen-bond donors (Lipinski definition) is 0. The zero-order chi connectivity index (χ0) is 19.4. The molecule has 0 aliphatic heterocycles. The highest BCUT2D eigenvalue weighted by Gasteiger charge is 2.32. The molecule has 0 amide bonds. The summed E-state index contributed by atoms with van der Waals surface area (Å²) in [6, 6.07) is 16.7. The molecular formula is C21H16F3NO2. The van der Waals surface area contributed by atoms with Gasteiger partial charge in [0, 0.05) is 11.8 Å². The summed E-state index contributed by atoms with van der Waals surface area (Å²) < 4.78 is 43.7. The molecular weight excluding hydrogens is 355 g/mol. The van der Waals surface area contributed by atoms with Crippen molar-refractivity contribution in [3.63, 3.8) is 0 Å². The summed E-state index contributed by atoms with van der Waals surface area (Å²) in [5.74, 6) is 0.231. The van der Waals surface area contributed by atoms with Crippen molar-refractivity contribution in [2.75, 3.05) is 0 Å². The number of carbonyl (C=O) groups excluding carboxylic acids is 1. The molecule has 3 aromatic rings. The minimum Gasteiger partial charge on any atom is -0.488 e. The molecule has 1 heterocycles. The molecule has 2 aromatic carbocycles. The van der Waals surface area contributed by atoms with E-state index in [1.807, 2.05) is 30.3 Å². The van der Waals surface area contributed by atoms with E-state index in [2.05, 4.69) is 4.98 Å². The lowest BCUT2D eigenvalue weighted by atomic mass is 10.0. The predicted octanol–water partition coefficient (Wildman–Crippen LogP) is 5.55. The van der Waals surface area contributed by atoms with Gasteiger partial charge in [-0.3, -0.25) is 9.78 Å². The maximum atomic E-state index is 12.6. The van der Waals surface area contributed by atoms with E-state index in [-0.39, 0.29) is 5.78 Å². The van der Waals surface area contributed by atoms with E-state index < -0.39 is 11.9 Å². The van der Waals surface area contributed by atoms with Gasteiger partial charge in [-0.15, -0.1) is 0 Å². The minimum atomic E-state index is -4.49. The Balaban J connectivity index is 1.86. The summed E-state index contributed by atoms with van der Waals surface area (Å²) in [6.07, 6.45) is -3.34. The third-order valence-electron chi connectivity index (χ3n) is 3.98. The predicted molar refractivity (Wildman–Crippen MR) is 95.5 cm³/mol. The van der Waals surface area contributed by atoms with Crippen LogP contribution in [0.15, 0.2) is 66.9 Å². The Labute approximate surface area is 154 Å². The molecule has 3 nitrogen and oxygen atoms in total. The monoisotopic (exact) mass is 371 g/mol. The molecule has 0 N–H and O–H groups in total. The van der Waals surface area contributed by atoms with E-state index in [0.717, 1.165) is 17.8 Å². The van der Waals surface area contributed by atoms with Crippen molar-refractivity contribution in [3.8, 4) is 16.9 Å². The lowest BCUT2D eigenvalue weighted by Crippen LogP contribution is -2.07. The van der Waals surface area contributed by atoms with Crippen molar-refractivity contribution in [2.24, 2.45) is 0 Å². The van der Waals surface area contributed by atoms with Crippen LogP contribution >= 0.6 is 0 Å². The van der Waals surface area contributed by atoms with Gasteiger partial charge in [0.05, 0.1) is 5.56 Å². The molecule has 0 fully saturated rings. The maximum Gasteiger partial charge on any atom is 0.433 e. The van der Waals surface area contributed by atoms with E-state index >= 15 is 0 Å². The van der Waals surface area contributed by atoms with Crippen molar-refractivity contribution in [1.29, 1.82) is 0 Å². The summed E-state index contributed by atoms with van der Waals surface area (Å²) in [5, 5.41) is 0. The van der Waals surface area contributed by atoms with Crippen molar-refractivity contribution in [1.82, 2.24) is 4.98 Å². The molecule has 0 atom stereocenters. The summed E-state index contributed by atoms with van der Waals surface area (Å²) in [7, 11) is 0. The van der Waals surface area contributed by atoms with Crippen molar-refractivity contribution in [3.05, 3.63) is 83.7 Å². The van der Waals surface area contributed by atoms with Crippen LogP contribution in [0, 0.1) is 0 Å². The van der Waals surface area contributed by atoms with Gasteiger partial charge < -0.3 is 4.74 Å². The minimum absolute atomic E-state index is 0.195. The molecule has 0 aliphatic carbocycles. The van der Waals surface area contributed by atoms with Gasteiger partial charge in [-0.1, -0.05) is 42.5 Å². The molecule has 0 saturated carbocycles. The topological polar surface area (TPSA) is 39.2 Å². The molecule has 138 valence electrons. The second-order valence-electron chi connectivity index (χ2n) is 5.97. The van der Waals surface area contributed by atoms with E-state index in [1.165, 1.54) is 13.0 Å². The average Bonchev–Trinajstić information content (AvgIpc) is 2.66. The van der Waals surface area contributed by atoms with Crippen LogP contribution in [0.2, 0.25) is 0 Å². The second kappa shape index (κ2) is 7.61. The van der Waals surface area contributed by atoms with E-state index in [0.29, 0.717) is 29.0 Å². The van der Waals surface area contributed by atoms with Gasteiger partial charge in [-0.2, -0.15) is 13.2 Å².